The third-order valence-electron chi connectivity index (χ3n) is 5.40. The number of fused-ring (bicyclic) bond motifs is 1. The summed E-state index contributed by atoms with van der Waals surface area (Å²) in [7, 11) is 1.52. The second-order valence-corrected chi connectivity index (χ2v) is 6.93. The smallest absolute Gasteiger partial charge is 0.165 e. The molecule has 1 aliphatic rings. The van der Waals surface area contributed by atoms with Gasteiger partial charge in [0.25, 0.3) is 0 Å². The van der Waals surface area contributed by atoms with Gasteiger partial charge < -0.3 is 20.1 Å². The first-order valence-electron chi connectivity index (χ1n) is 9.10. The summed E-state index contributed by atoms with van der Waals surface area (Å²) in [5.41, 5.74) is 4.87. The summed E-state index contributed by atoms with van der Waals surface area (Å²) in [6.45, 7) is 0. The predicted octanol–water partition coefficient (Wildman–Crippen LogP) is 4.95. The third-order valence-corrected chi connectivity index (χ3v) is 5.40. The Balaban J connectivity index is 1.94. The average Bonchev–Trinajstić information content (AvgIpc) is 2.69. The number of phenols is 3. The van der Waals surface area contributed by atoms with E-state index in [0.717, 1.165) is 24.8 Å². The zero-order valence-corrected chi connectivity index (χ0v) is 15.1. The van der Waals surface area contributed by atoms with Crippen molar-refractivity contribution in [2.75, 3.05) is 7.11 Å². The topological polar surface area (TPSA) is 69.9 Å². The van der Waals surface area contributed by atoms with Gasteiger partial charge in [-0.2, -0.15) is 0 Å². The highest BCUT2D eigenvalue weighted by Crippen LogP contribution is 2.48. The largest absolute Gasteiger partial charge is 0.504 e. The van der Waals surface area contributed by atoms with Crippen LogP contribution >= 0.6 is 0 Å². The van der Waals surface area contributed by atoms with Gasteiger partial charge in [-0.05, 0) is 59.7 Å². The molecular formula is C23H22O4. The molecule has 4 rings (SSSR count). The van der Waals surface area contributed by atoms with E-state index in [0.29, 0.717) is 16.9 Å². The van der Waals surface area contributed by atoms with Crippen LogP contribution in [0, 0.1) is 0 Å². The van der Waals surface area contributed by atoms with Gasteiger partial charge in [-0.1, -0.05) is 36.4 Å². The molecule has 0 aromatic heterocycles. The molecule has 0 amide bonds. The summed E-state index contributed by atoms with van der Waals surface area (Å²) < 4.78 is 5.31. The number of hydrogen-bond acceptors (Lipinski definition) is 4. The number of benzene rings is 3. The Morgan fingerprint density at radius 1 is 0.889 bits per heavy atom. The van der Waals surface area contributed by atoms with Crippen LogP contribution in [0.4, 0.5) is 0 Å². The summed E-state index contributed by atoms with van der Waals surface area (Å²) in [6.07, 6.45) is 3.12. The number of phenolic OH excluding ortho intramolecular Hbond substituents is 3. The summed E-state index contributed by atoms with van der Waals surface area (Å²) in [5.74, 6) is 0.168. The Bertz CT molecular complexity index is 994. The molecule has 3 aromatic rings. The lowest BCUT2D eigenvalue weighted by molar-refractivity contribution is 0.373. The highest BCUT2D eigenvalue weighted by molar-refractivity contribution is 5.79. The van der Waals surface area contributed by atoms with Crippen molar-refractivity contribution >= 4 is 0 Å². The maximum atomic E-state index is 10.9. The van der Waals surface area contributed by atoms with E-state index in [2.05, 4.69) is 18.2 Å². The Hall–Kier alpha value is -3.14. The minimum absolute atomic E-state index is 0.0446. The normalized spacial score (nSPS) is 16.0. The van der Waals surface area contributed by atoms with Crippen LogP contribution in [0.3, 0.4) is 0 Å². The van der Waals surface area contributed by atoms with Crippen molar-refractivity contribution in [1.82, 2.24) is 0 Å². The fourth-order valence-corrected chi connectivity index (χ4v) is 4.10. The van der Waals surface area contributed by atoms with Crippen molar-refractivity contribution < 1.29 is 20.1 Å². The van der Waals surface area contributed by atoms with Gasteiger partial charge in [0, 0.05) is 11.5 Å². The third kappa shape index (κ3) is 2.97. The van der Waals surface area contributed by atoms with Crippen LogP contribution < -0.4 is 4.74 Å². The Labute approximate surface area is 158 Å². The first-order chi connectivity index (χ1) is 13.1. The molecule has 3 aromatic carbocycles. The molecular weight excluding hydrogens is 340 g/mol. The number of rotatable bonds is 3. The maximum Gasteiger partial charge on any atom is 0.165 e. The van der Waals surface area contributed by atoms with E-state index >= 15 is 0 Å². The van der Waals surface area contributed by atoms with Gasteiger partial charge in [-0.25, -0.2) is 0 Å². The molecule has 0 heterocycles. The molecule has 4 nitrogen and oxygen atoms in total. The molecule has 0 radical (unpaired) electrons. The van der Waals surface area contributed by atoms with Crippen molar-refractivity contribution in [2.45, 2.75) is 25.2 Å². The minimum Gasteiger partial charge on any atom is -0.504 e. The van der Waals surface area contributed by atoms with Gasteiger partial charge in [0.2, 0.25) is 0 Å². The first kappa shape index (κ1) is 17.3. The Morgan fingerprint density at radius 2 is 1.70 bits per heavy atom. The van der Waals surface area contributed by atoms with Crippen molar-refractivity contribution in [3.05, 3.63) is 71.3 Å². The molecule has 1 atom stereocenters. The molecule has 1 aliphatic carbocycles. The molecule has 0 aliphatic heterocycles. The van der Waals surface area contributed by atoms with E-state index in [1.54, 1.807) is 12.1 Å². The molecule has 27 heavy (non-hydrogen) atoms. The van der Waals surface area contributed by atoms with Crippen LogP contribution in [0.15, 0.2) is 54.6 Å². The van der Waals surface area contributed by atoms with Gasteiger partial charge >= 0.3 is 0 Å². The first-order valence-corrected chi connectivity index (χ1v) is 9.10. The fourth-order valence-electron chi connectivity index (χ4n) is 4.10. The number of ether oxygens (including phenoxy) is 1. The lowest BCUT2D eigenvalue weighted by Crippen LogP contribution is -2.12. The van der Waals surface area contributed by atoms with Crippen LogP contribution in [0.1, 0.15) is 35.4 Å². The van der Waals surface area contributed by atoms with Gasteiger partial charge in [-0.3, -0.25) is 0 Å². The molecule has 0 fully saturated rings. The van der Waals surface area contributed by atoms with Crippen molar-refractivity contribution in [1.29, 1.82) is 0 Å². The van der Waals surface area contributed by atoms with E-state index in [1.807, 2.05) is 12.1 Å². The van der Waals surface area contributed by atoms with Crippen LogP contribution in [-0.2, 0) is 6.42 Å². The molecule has 3 N–H and O–H groups in total. The van der Waals surface area contributed by atoms with Gasteiger partial charge in [0.05, 0.1) is 7.11 Å². The highest BCUT2D eigenvalue weighted by atomic mass is 16.5. The molecule has 0 saturated heterocycles. The number of aryl methyl sites for hydroxylation is 1. The zero-order chi connectivity index (χ0) is 19.0. The lowest BCUT2D eigenvalue weighted by Gasteiger charge is -2.28. The summed E-state index contributed by atoms with van der Waals surface area (Å²) in [5, 5.41) is 30.5. The lowest BCUT2D eigenvalue weighted by atomic mass is 9.76. The fraction of sp³-hybridized carbons (Fsp3) is 0.217. The van der Waals surface area contributed by atoms with Gasteiger partial charge in [0.1, 0.15) is 0 Å². The Morgan fingerprint density at radius 3 is 2.48 bits per heavy atom. The number of methoxy groups -OCH3 is 1. The molecule has 0 saturated carbocycles. The SMILES string of the molecule is COc1ccc(C2CCCc3ccccc32)c(-c2ccc(O)c(O)c2)c1O. The van der Waals surface area contributed by atoms with Crippen molar-refractivity contribution in [3.8, 4) is 34.1 Å². The molecule has 1 unspecified atom stereocenters. The van der Waals surface area contributed by atoms with Crippen LogP contribution in [0.5, 0.6) is 23.0 Å². The highest BCUT2D eigenvalue weighted by Gasteiger charge is 2.27. The summed E-state index contributed by atoms with van der Waals surface area (Å²) >= 11 is 0. The van der Waals surface area contributed by atoms with Crippen LogP contribution in [0.2, 0.25) is 0 Å². The molecule has 0 spiro atoms. The van der Waals surface area contributed by atoms with Crippen molar-refractivity contribution in [2.24, 2.45) is 0 Å². The molecule has 138 valence electrons. The monoisotopic (exact) mass is 362 g/mol. The van der Waals surface area contributed by atoms with Crippen LogP contribution in [0.25, 0.3) is 11.1 Å². The van der Waals surface area contributed by atoms with Gasteiger partial charge in [-0.15, -0.1) is 0 Å². The Kier molecular flexibility index (Phi) is 4.40. The predicted molar refractivity (Wildman–Crippen MR) is 105 cm³/mol. The van der Waals surface area contributed by atoms with E-state index < -0.39 is 0 Å². The van der Waals surface area contributed by atoms with E-state index in [4.69, 9.17) is 4.74 Å². The minimum atomic E-state index is -0.218. The van der Waals surface area contributed by atoms with E-state index in [-0.39, 0.29) is 23.2 Å². The van der Waals surface area contributed by atoms with Crippen molar-refractivity contribution in [3.63, 3.8) is 0 Å². The van der Waals surface area contributed by atoms with E-state index in [1.165, 1.54) is 30.4 Å². The quantitative estimate of drug-likeness (QED) is 0.577. The standard InChI is InChI=1S/C23H22O4/c1-27-21-12-10-18(17-8-4-6-14-5-2-3-7-16(14)17)22(23(21)26)15-9-11-19(24)20(25)13-15/h2-3,5,7,9-13,17,24-26H,4,6,8H2,1H3. The average molecular weight is 362 g/mol. The van der Waals surface area contributed by atoms with Crippen LogP contribution in [-0.4, -0.2) is 22.4 Å². The zero-order valence-electron chi connectivity index (χ0n) is 15.1. The number of aromatic hydroxyl groups is 3. The second kappa shape index (κ2) is 6.88. The second-order valence-electron chi connectivity index (χ2n) is 6.93. The molecule has 4 heteroatoms. The summed E-state index contributed by atoms with van der Waals surface area (Å²) in [4.78, 5) is 0. The number of hydrogen-bond donors (Lipinski definition) is 3. The van der Waals surface area contributed by atoms with Gasteiger partial charge in [0.15, 0.2) is 23.0 Å². The van der Waals surface area contributed by atoms with E-state index in [9.17, 15) is 15.3 Å². The summed E-state index contributed by atoms with van der Waals surface area (Å²) in [6, 6.07) is 16.8. The molecule has 0 bridgehead atoms. The maximum absolute atomic E-state index is 10.9.